The lowest BCUT2D eigenvalue weighted by Crippen LogP contribution is -2.10. The summed E-state index contributed by atoms with van der Waals surface area (Å²) in [5, 5.41) is 9.61. The monoisotopic (exact) mass is 637 g/mol. The number of nitrogens with one attached hydrogen (secondary N) is 1. The molecule has 4 aromatic rings. The molecule has 0 saturated carbocycles. The van der Waals surface area contributed by atoms with Crippen LogP contribution in [-0.4, -0.2) is 44.8 Å². The summed E-state index contributed by atoms with van der Waals surface area (Å²) >= 11 is 0. The summed E-state index contributed by atoms with van der Waals surface area (Å²) < 4.78 is 21.3. The lowest BCUT2D eigenvalue weighted by atomic mass is 10.0. The first-order valence-electron chi connectivity index (χ1n) is 15.6. The van der Waals surface area contributed by atoms with Gasteiger partial charge in [-0.05, 0) is 109 Å². The van der Waals surface area contributed by atoms with Gasteiger partial charge in [0, 0.05) is 23.4 Å². The zero-order valence-corrected chi connectivity index (χ0v) is 27.5. The van der Waals surface area contributed by atoms with Crippen LogP contribution in [0.4, 0.5) is 0 Å². The van der Waals surface area contributed by atoms with E-state index in [1.165, 1.54) is 12.3 Å². The molecule has 0 aromatic heterocycles. The Balaban J connectivity index is 0.000000256. The third-order valence-electron chi connectivity index (χ3n) is 7.38. The lowest BCUT2D eigenvalue weighted by molar-refractivity contribution is -0.137. The van der Waals surface area contributed by atoms with Gasteiger partial charge in [0.1, 0.15) is 23.5 Å². The number of unbranched alkanes of at least 4 members (excludes halogenated alkanes) is 3. The normalized spacial score (nSPS) is 10.4. The number of ether oxygens (including phenoxy) is 4. The highest BCUT2D eigenvalue weighted by Gasteiger charge is 2.14. The zero-order chi connectivity index (χ0) is 34.2. The molecule has 246 valence electrons. The second-order valence-corrected chi connectivity index (χ2v) is 11.2. The molecule has 0 radical (unpaired) electrons. The Morgan fingerprint density at radius 3 is 2.21 bits per heavy atom. The standard InChI is InChI=1S/C20H22O4.C19H21NO3/c1-2-20(22)24-12-6-4-3-5-11-23-19-10-9-17-13-16(15-21)7-8-18(17)14-19;1-12(2)14-5-8-18(16(10-14)11-20)23-19(21)15-6-7-17(22-4)13(3)9-15/h2,7-10,13-15H,1,3-6,11-12H2;5-12,20H,1-4H3. The largest absolute Gasteiger partial charge is 0.496 e. The number of methoxy groups -OCH3 is 1. The van der Waals surface area contributed by atoms with Crippen molar-refractivity contribution >= 4 is 35.2 Å². The van der Waals surface area contributed by atoms with Crippen molar-refractivity contribution < 1.29 is 33.3 Å². The first-order valence-corrected chi connectivity index (χ1v) is 15.6. The molecular weight excluding hydrogens is 594 g/mol. The van der Waals surface area contributed by atoms with E-state index in [2.05, 4.69) is 20.4 Å². The number of fused-ring (bicyclic) bond motifs is 1. The van der Waals surface area contributed by atoms with Crippen molar-refractivity contribution in [3.8, 4) is 17.2 Å². The highest BCUT2D eigenvalue weighted by atomic mass is 16.5. The van der Waals surface area contributed by atoms with E-state index in [9.17, 15) is 14.4 Å². The van der Waals surface area contributed by atoms with Crippen LogP contribution in [-0.2, 0) is 9.53 Å². The molecule has 4 rings (SSSR count). The summed E-state index contributed by atoms with van der Waals surface area (Å²) in [6, 6.07) is 22.1. The molecule has 0 saturated heterocycles. The van der Waals surface area contributed by atoms with Crippen molar-refractivity contribution in [2.24, 2.45) is 0 Å². The maximum atomic E-state index is 12.3. The second kappa shape index (κ2) is 18.7. The molecule has 0 aliphatic heterocycles. The van der Waals surface area contributed by atoms with Crippen LogP contribution in [0.25, 0.3) is 10.8 Å². The van der Waals surface area contributed by atoms with E-state index in [1.54, 1.807) is 37.4 Å². The number of hydrogen-bond acceptors (Lipinski definition) is 8. The Labute approximate surface area is 276 Å². The summed E-state index contributed by atoms with van der Waals surface area (Å²) in [6.07, 6.45) is 7.07. The molecule has 0 spiro atoms. The number of esters is 2. The summed E-state index contributed by atoms with van der Waals surface area (Å²) in [5.41, 5.74) is 3.69. The van der Waals surface area contributed by atoms with Gasteiger partial charge in [-0.15, -0.1) is 0 Å². The predicted molar refractivity (Wildman–Crippen MR) is 186 cm³/mol. The third-order valence-corrected chi connectivity index (χ3v) is 7.38. The summed E-state index contributed by atoms with van der Waals surface area (Å²) in [7, 11) is 1.59. The Kier molecular flexibility index (Phi) is 14.4. The molecule has 0 fully saturated rings. The van der Waals surface area contributed by atoms with Crippen molar-refractivity contribution in [1.82, 2.24) is 0 Å². The molecule has 0 aliphatic rings. The quantitative estimate of drug-likeness (QED) is 0.0347. The van der Waals surface area contributed by atoms with Gasteiger partial charge in [0.2, 0.25) is 0 Å². The molecular formula is C39H43NO7. The fraction of sp³-hybridized carbons (Fsp3) is 0.282. The fourth-order valence-electron chi connectivity index (χ4n) is 4.68. The summed E-state index contributed by atoms with van der Waals surface area (Å²) in [5.74, 6) is 1.49. The van der Waals surface area contributed by atoms with Gasteiger partial charge in [0.05, 0.1) is 25.9 Å². The Bertz CT molecular complexity index is 1690. The van der Waals surface area contributed by atoms with Crippen molar-refractivity contribution in [2.75, 3.05) is 20.3 Å². The van der Waals surface area contributed by atoms with Gasteiger partial charge >= 0.3 is 11.9 Å². The predicted octanol–water partition coefficient (Wildman–Crippen LogP) is 8.66. The van der Waals surface area contributed by atoms with E-state index in [0.29, 0.717) is 41.6 Å². The van der Waals surface area contributed by atoms with Crippen molar-refractivity contribution in [1.29, 1.82) is 5.41 Å². The average Bonchev–Trinajstić information content (AvgIpc) is 3.09. The lowest BCUT2D eigenvalue weighted by Gasteiger charge is -2.12. The van der Waals surface area contributed by atoms with E-state index >= 15 is 0 Å². The van der Waals surface area contributed by atoms with Crippen LogP contribution in [0.1, 0.15) is 82.9 Å². The van der Waals surface area contributed by atoms with Crippen LogP contribution in [0.3, 0.4) is 0 Å². The first-order chi connectivity index (χ1) is 22.7. The maximum absolute atomic E-state index is 12.3. The van der Waals surface area contributed by atoms with Gasteiger partial charge in [-0.1, -0.05) is 44.7 Å². The number of carbonyl (C=O) groups excluding carboxylic acids is 3. The first kappa shape index (κ1) is 36.2. The summed E-state index contributed by atoms with van der Waals surface area (Å²) in [6.45, 7) is 10.5. The minimum atomic E-state index is -0.448. The molecule has 47 heavy (non-hydrogen) atoms. The van der Waals surface area contributed by atoms with Crippen LogP contribution in [0.15, 0.2) is 85.5 Å². The highest BCUT2D eigenvalue weighted by Crippen LogP contribution is 2.25. The second-order valence-electron chi connectivity index (χ2n) is 11.2. The number of aryl methyl sites for hydroxylation is 1. The maximum Gasteiger partial charge on any atom is 0.343 e. The van der Waals surface area contributed by atoms with Gasteiger partial charge < -0.3 is 24.4 Å². The van der Waals surface area contributed by atoms with Gasteiger partial charge in [0.25, 0.3) is 0 Å². The number of carbonyl (C=O) groups is 3. The van der Waals surface area contributed by atoms with E-state index in [0.717, 1.165) is 65.4 Å². The molecule has 0 atom stereocenters. The van der Waals surface area contributed by atoms with Gasteiger partial charge in [-0.25, -0.2) is 9.59 Å². The number of hydrogen-bond donors (Lipinski definition) is 1. The number of benzene rings is 4. The van der Waals surface area contributed by atoms with Crippen molar-refractivity contribution in [3.05, 3.63) is 113 Å². The minimum Gasteiger partial charge on any atom is -0.496 e. The molecule has 8 nitrogen and oxygen atoms in total. The van der Waals surface area contributed by atoms with Gasteiger partial charge in [-0.3, -0.25) is 4.79 Å². The van der Waals surface area contributed by atoms with E-state index in [1.807, 2.05) is 49.4 Å². The highest BCUT2D eigenvalue weighted by molar-refractivity contribution is 5.93. The molecule has 0 amide bonds. The molecule has 1 N–H and O–H groups in total. The van der Waals surface area contributed by atoms with Crippen molar-refractivity contribution in [2.45, 2.75) is 52.4 Å². The third kappa shape index (κ3) is 11.3. The zero-order valence-electron chi connectivity index (χ0n) is 27.5. The molecule has 0 unspecified atom stereocenters. The average molecular weight is 638 g/mol. The van der Waals surface area contributed by atoms with Crippen LogP contribution >= 0.6 is 0 Å². The molecule has 0 heterocycles. The summed E-state index contributed by atoms with van der Waals surface area (Å²) in [4.78, 5) is 34.0. The topological polar surface area (TPSA) is 112 Å². The van der Waals surface area contributed by atoms with E-state index in [4.69, 9.17) is 24.4 Å². The number of rotatable bonds is 15. The fourth-order valence-corrected chi connectivity index (χ4v) is 4.68. The van der Waals surface area contributed by atoms with Crippen LogP contribution in [0.2, 0.25) is 0 Å². The molecule has 4 aromatic carbocycles. The minimum absolute atomic E-state index is 0.350. The SMILES string of the molecule is C=CC(=O)OCCCCCCOc1ccc2cc(C=O)ccc2c1.COc1ccc(C(=O)Oc2ccc(C(C)C)cc2C=N)cc1C. The van der Waals surface area contributed by atoms with Gasteiger partial charge in [-0.2, -0.15) is 0 Å². The van der Waals surface area contributed by atoms with E-state index < -0.39 is 5.97 Å². The van der Waals surface area contributed by atoms with Crippen LogP contribution in [0.5, 0.6) is 17.2 Å². The molecule has 0 aliphatic carbocycles. The Hall–Kier alpha value is -5.24. The van der Waals surface area contributed by atoms with Gasteiger partial charge in [0.15, 0.2) is 0 Å². The van der Waals surface area contributed by atoms with Crippen molar-refractivity contribution in [3.63, 3.8) is 0 Å². The van der Waals surface area contributed by atoms with E-state index in [-0.39, 0.29) is 5.97 Å². The van der Waals surface area contributed by atoms with Crippen LogP contribution in [0, 0.1) is 12.3 Å². The number of aldehydes is 1. The molecule has 0 bridgehead atoms. The van der Waals surface area contributed by atoms with Crippen LogP contribution < -0.4 is 14.2 Å². The smallest absolute Gasteiger partial charge is 0.343 e. The Morgan fingerprint density at radius 2 is 1.55 bits per heavy atom. The Morgan fingerprint density at radius 1 is 0.851 bits per heavy atom. The molecule has 8 heteroatoms.